The molecule has 2 aromatic rings. The molecule has 0 saturated heterocycles. The molecule has 0 aromatic carbocycles. The van der Waals surface area contributed by atoms with Crippen molar-refractivity contribution in [2.24, 2.45) is 0 Å². The van der Waals surface area contributed by atoms with Crippen LogP contribution in [0.3, 0.4) is 0 Å². The van der Waals surface area contributed by atoms with Gasteiger partial charge in [0.25, 0.3) is 0 Å². The van der Waals surface area contributed by atoms with Gasteiger partial charge in [-0.15, -0.1) is 0 Å². The molecule has 2 heterocycles. The van der Waals surface area contributed by atoms with E-state index in [0.29, 0.717) is 5.65 Å². The number of carbonyl (C=O) groups is 1. The summed E-state index contributed by atoms with van der Waals surface area (Å²) in [4.78, 5) is 18.4. The van der Waals surface area contributed by atoms with Gasteiger partial charge in [0.2, 0.25) is 0 Å². The Kier molecular flexibility index (Phi) is 6.54. The summed E-state index contributed by atoms with van der Waals surface area (Å²) in [6.45, 7) is 0. The monoisotopic (exact) mass is 228 g/mol. The van der Waals surface area contributed by atoms with E-state index in [4.69, 9.17) is 5.11 Å². The van der Waals surface area contributed by atoms with Gasteiger partial charge in [-0.1, -0.05) is 0 Å². The van der Waals surface area contributed by atoms with Gasteiger partial charge in [-0.2, -0.15) is 0 Å². The molecule has 0 unspecified atom stereocenters. The molecule has 0 fully saturated rings. The van der Waals surface area contributed by atoms with Crippen molar-refractivity contribution in [1.82, 2.24) is 9.97 Å². The third-order valence-corrected chi connectivity index (χ3v) is 1.68. The first-order valence-electron chi connectivity index (χ1n) is 3.72. The summed E-state index contributed by atoms with van der Waals surface area (Å²) in [5.41, 5.74) is 0.480. The average Bonchev–Trinajstić information content (AvgIpc) is 2.17. The Bertz CT molecular complexity index is 474. The predicted molar refractivity (Wildman–Crippen MR) is 57.3 cm³/mol. The number of carboxylic acids is 1. The summed E-state index contributed by atoms with van der Waals surface area (Å²) in [5.74, 6) is -1.03. The van der Waals surface area contributed by atoms with Crippen LogP contribution < -0.4 is 0 Å². The quantitative estimate of drug-likeness (QED) is 0.653. The Hall–Kier alpha value is -2.09. The first kappa shape index (κ1) is 16.3. The largest absolute Gasteiger partial charge is 0.477 e. The summed E-state index contributed by atoms with van der Waals surface area (Å²) in [7, 11) is 0. The normalized spacial score (nSPS) is 8.25. The minimum Gasteiger partial charge on any atom is -0.477 e. The van der Waals surface area contributed by atoms with Crippen LogP contribution in [-0.4, -0.2) is 37.5 Å². The Morgan fingerprint density at radius 2 is 1.81 bits per heavy atom. The zero-order chi connectivity index (χ0) is 9.26. The number of nitrogens with zero attached hydrogens (tertiary/aromatic N) is 2. The molecule has 2 aromatic heterocycles. The van der Waals surface area contributed by atoms with Crippen LogP contribution in [0, 0.1) is 0 Å². The molecule has 0 aliphatic rings. The maximum absolute atomic E-state index is 10.6. The van der Waals surface area contributed by atoms with Gasteiger partial charge < -0.3 is 21.5 Å². The van der Waals surface area contributed by atoms with Gasteiger partial charge in [0.1, 0.15) is 0 Å². The zero-order valence-corrected chi connectivity index (χ0v) is 8.14. The highest BCUT2D eigenvalue weighted by Gasteiger charge is 2.04. The number of hydrogen-bond acceptors (Lipinski definition) is 3. The number of fused-ring (bicyclic) bond motifs is 1. The molecule has 88 valence electrons. The van der Waals surface area contributed by atoms with E-state index >= 15 is 0 Å². The smallest absolute Gasteiger partial charge is 0.354 e. The molecular weight excluding hydrogens is 216 g/mol. The van der Waals surface area contributed by atoms with E-state index in [2.05, 4.69) is 9.97 Å². The lowest BCUT2D eigenvalue weighted by atomic mass is 10.2. The van der Waals surface area contributed by atoms with Crippen molar-refractivity contribution >= 4 is 17.0 Å². The minimum atomic E-state index is -1.03. The van der Waals surface area contributed by atoms with Gasteiger partial charge in [0, 0.05) is 11.6 Å². The molecule has 2 rings (SSSR count). The number of hydrogen-bond donors (Lipinski definition) is 1. The molecule has 16 heavy (non-hydrogen) atoms. The van der Waals surface area contributed by atoms with Crippen molar-refractivity contribution in [3.05, 3.63) is 36.2 Å². The molecular formula is C9H12N2O5. The molecule has 0 bridgehead atoms. The summed E-state index contributed by atoms with van der Waals surface area (Å²) in [5, 5.41) is 9.49. The standard InChI is InChI=1S/C9H6N2O2.3H2O/c12-9(13)7-4-3-6-2-1-5-10-8(6)11-7;;;/h1-5H,(H,12,13);3*1H2. The molecule has 0 aliphatic carbocycles. The van der Waals surface area contributed by atoms with Crippen LogP contribution in [0.4, 0.5) is 0 Å². The van der Waals surface area contributed by atoms with Crippen LogP contribution in [0.15, 0.2) is 30.5 Å². The fourth-order valence-electron chi connectivity index (χ4n) is 1.07. The third kappa shape index (κ3) is 2.95. The maximum Gasteiger partial charge on any atom is 0.354 e. The van der Waals surface area contributed by atoms with Crippen molar-refractivity contribution in [2.45, 2.75) is 0 Å². The van der Waals surface area contributed by atoms with E-state index in [-0.39, 0.29) is 22.1 Å². The van der Waals surface area contributed by atoms with Crippen molar-refractivity contribution in [3.63, 3.8) is 0 Å². The molecule has 0 atom stereocenters. The van der Waals surface area contributed by atoms with E-state index in [0.717, 1.165) is 5.39 Å². The Morgan fingerprint density at radius 3 is 2.44 bits per heavy atom. The van der Waals surface area contributed by atoms with Gasteiger partial charge in [-0.25, -0.2) is 14.8 Å². The summed E-state index contributed by atoms with van der Waals surface area (Å²) in [6, 6.07) is 6.77. The SMILES string of the molecule is O.O.O.O=C(O)c1ccc2cccnc2n1. The van der Waals surface area contributed by atoms with Gasteiger partial charge in [0.05, 0.1) is 0 Å². The molecule has 7 heteroatoms. The highest BCUT2D eigenvalue weighted by molar-refractivity contribution is 5.88. The predicted octanol–water partition coefficient (Wildman–Crippen LogP) is -1.15. The zero-order valence-electron chi connectivity index (χ0n) is 8.14. The van der Waals surface area contributed by atoms with Crippen LogP contribution in [0.5, 0.6) is 0 Å². The molecule has 0 aliphatic heterocycles. The van der Waals surface area contributed by atoms with Crippen LogP contribution in [0.1, 0.15) is 10.5 Å². The molecule has 0 amide bonds. The van der Waals surface area contributed by atoms with Crippen LogP contribution in [0.25, 0.3) is 11.0 Å². The maximum atomic E-state index is 10.6. The highest BCUT2D eigenvalue weighted by Crippen LogP contribution is 2.08. The lowest BCUT2D eigenvalue weighted by Gasteiger charge is -1.96. The topological polar surface area (TPSA) is 158 Å². The fraction of sp³-hybridized carbons (Fsp3) is 0. The Morgan fingerprint density at radius 1 is 1.12 bits per heavy atom. The second kappa shape index (κ2) is 6.40. The van der Waals surface area contributed by atoms with Gasteiger partial charge in [-0.3, -0.25) is 0 Å². The van der Waals surface area contributed by atoms with Crippen LogP contribution >= 0.6 is 0 Å². The van der Waals surface area contributed by atoms with Gasteiger partial charge >= 0.3 is 5.97 Å². The second-order valence-corrected chi connectivity index (χ2v) is 2.55. The number of carboxylic acid groups (broad SMARTS) is 1. The molecule has 7 N–H and O–H groups in total. The minimum absolute atomic E-state index is 0. The lowest BCUT2D eigenvalue weighted by molar-refractivity contribution is 0.0691. The van der Waals surface area contributed by atoms with Crippen LogP contribution in [-0.2, 0) is 0 Å². The average molecular weight is 228 g/mol. The fourth-order valence-corrected chi connectivity index (χ4v) is 1.07. The number of rotatable bonds is 1. The van der Waals surface area contributed by atoms with Crippen molar-refractivity contribution < 1.29 is 26.3 Å². The summed E-state index contributed by atoms with van der Waals surface area (Å²) in [6.07, 6.45) is 1.58. The first-order chi connectivity index (χ1) is 6.27. The van der Waals surface area contributed by atoms with Crippen molar-refractivity contribution in [3.8, 4) is 0 Å². The van der Waals surface area contributed by atoms with Crippen molar-refractivity contribution in [2.75, 3.05) is 0 Å². The first-order valence-corrected chi connectivity index (χ1v) is 3.72. The van der Waals surface area contributed by atoms with Crippen LogP contribution in [0.2, 0.25) is 0 Å². The van der Waals surface area contributed by atoms with Gasteiger partial charge in [-0.05, 0) is 24.3 Å². The molecule has 7 nitrogen and oxygen atoms in total. The Labute approximate surface area is 90.3 Å². The van der Waals surface area contributed by atoms with E-state index in [9.17, 15) is 4.79 Å². The number of aromatic nitrogens is 2. The molecule has 0 spiro atoms. The van der Waals surface area contributed by atoms with Gasteiger partial charge in [0.15, 0.2) is 11.3 Å². The van der Waals surface area contributed by atoms with Crippen molar-refractivity contribution in [1.29, 1.82) is 0 Å². The van der Waals surface area contributed by atoms with E-state index in [1.54, 1.807) is 18.3 Å². The molecule has 0 radical (unpaired) electrons. The Balaban J connectivity index is 0. The van der Waals surface area contributed by atoms with E-state index < -0.39 is 5.97 Å². The lowest BCUT2D eigenvalue weighted by Crippen LogP contribution is -2.00. The summed E-state index contributed by atoms with van der Waals surface area (Å²) < 4.78 is 0. The molecule has 0 saturated carbocycles. The highest BCUT2D eigenvalue weighted by atomic mass is 16.4. The second-order valence-electron chi connectivity index (χ2n) is 2.55. The third-order valence-electron chi connectivity index (χ3n) is 1.68. The number of aromatic carboxylic acids is 1. The van der Waals surface area contributed by atoms with E-state index in [1.807, 2.05) is 6.07 Å². The summed E-state index contributed by atoms with van der Waals surface area (Å²) >= 11 is 0. The number of pyridine rings is 2. The van der Waals surface area contributed by atoms with E-state index in [1.165, 1.54) is 6.07 Å².